The standard InChI is InChI=1S/C15H31N3O2S2.HI/c1-6-13-11-18(8-9-21-13)14(16-4)17-12-15(2,3)7-10-22(5,19)20;/h13H,6-12H2,1-5H3,(H,16,17);1H. The van der Waals surface area contributed by atoms with E-state index in [-0.39, 0.29) is 35.1 Å². The summed E-state index contributed by atoms with van der Waals surface area (Å²) in [5.74, 6) is 2.31. The molecule has 0 aromatic rings. The molecule has 1 atom stereocenters. The molecule has 0 aromatic heterocycles. The van der Waals surface area contributed by atoms with Crippen LogP contribution in [0.2, 0.25) is 0 Å². The first-order valence-electron chi connectivity index (χ1n) is 7.92. The number of nitrogens with one attached hydrogen (secondary N) is 1. The second kappa shape index (κ2) is 10.3. The molecular weight excluding hydrogens is 445 g/mol. The fourth-order valence-electron chi connectivity index (χ4n) is 2.36. The lowest BCUT2D eigenvalue weighted by Crippen LogP contribution is -2.49. The normalized spacial score (nSPS) is 20.1. The summed E-state index contributed by atoms with van der Waals surface area (Å²) in [5.41, 5.74) is -0.0757. The van der Waals surface area contributed by atoms with Gasteiger partial charge in [0.2, 0.25) is 0 Å². The van der Waals surface area contributed by atoms with E-state index in [4.69, 9.17) is 0 Å². The van der Waals surface area contributed by atoms with Gasteiger partial charge in [-0.15, -0.1) is 24.0 Å². The van der Waals surface area contributed by atoms with E-state index in [1.165, 1.54) is 12.7 Å². The smallest absolute Gasteiger partial charge is 0.193 e. The number of sulfone groups is 1. The molecule has 1 aliphatic rings. The number of guanidine groups is 1. The monoisotopic (exact) mass is 477 g/mol. The van der Waals surface area contributed by atoms with Crippen LogP contribution in [0.25, 0.3) is 0 Å². The molecule has 1 fully saturated rings. The highest BCUT2D eigenvalue weighted by molar-refractivity contribution is 14.0. The van der Waals surface area contributed by atoms with Crippen molar-refractivity contribution in [3.05, 3.63) is 0 Å². The van der Waals surface area contributed by atoms with E-state index in [9.17, 15) is 8.42 Å². The zero-order chi connectivity index (χ0) is 16.8. The highest BCUT2D eigenvalue weighted by Gasteiger charge is 2.24. The van der Waals surface area contributed by atoms with Crippen molar-refractivity contribution in [1.82, 2.24) is 10.2 Å². The molecule has 1 aliphatic heterocycles. The van der Waals surface area contributed by atoms with Crippen LogP contribution in [0.15, 0.2) is 4.99 Å². The van der Waals surface area contributed by atoms with Crippen LogP contribution in [0.4, 0.5) is 0 Å². The van der Waals surface area contributed by atoms with Crippen LogP contribution in [0.1, 0.15) is 33.6 Å². The van der Waals surface area contributed by atoms with Crippen LogP contribution in [0.5, 0.6) is 0 Å². The molecule has 0 aromatic carbocycles. The third-order valence-electron chi connectivity index (χ3n) is 3.98. The molecule has 1 unspecified atom stereocenters. The average molecular weight is 477 g/mol. The molecule has 8 heteroatoms. The second-order valence-electron chi connectivity index (χ2n) is 6.79. The summed E-state index contributed by atoms with van der Waals surface area (Å²) in [6, 6.07) is 0. The fraction of sp³-hybridized carbons (Fsp3) is 0.933. The highest BCUT2D eigenvalue weighted by atomic mass is 127. The Morgan fingerprint density at radius 3 is 2.61 bits per heavy atom. The maximum Gasteiger partial charge on any atom is 0.193 e. The van der Waals surface area contributed by atoms with Gasteiger partial charge in [-0.1, -0.05) is 20.8 Å². The van der Waals surface area contributed by atoms with Crippen molar-refractivity contribution in [2.24, 2.45) is 10.4 Å². The van der Waals surface area contributed by atoms with E-state index >= 15 is 0 Å². The lowest BCUT2D eigenvalue weighted by Gasteiger charge is -2.35. The minimum Gasteiger partial charge on any atom is -0.356 e. The summed E-state index contributed by atoms with van der Waals surface area (Å²) >= 11 is 2.04. The average Bonchev–Trinajstić information content (AvgIpc) is 2.45. The Morgan fingerprint density at radius 2 is 2.09 bits per heavy atom. The molecule has 0 bridgehead atoms. The number of rotatable bonds is 6. The van der Waals surface area contributed by atoms with Gasteiger partial charge in [-0.05, 0) is 18.3 Å². The van der Waals surface area contributed by atoms with Crippen molar-refractivity contribution in [2.75, 3.05) is 44.4 Å². The maximum atomic E-state index is 11.3. The molecule has 0 aliphatic carbocycles. The van der Waals surface area contributed by atoms with E-state index in [1.807, 2.05) is 18.8 Å². The first kappa shape index (κ1) is 23.3. The molecule has 1 saturated heterocycles. The van der Waals surface area contributed by atoms with E-state index in [0.717, 1.165) is 31.3 Å². The van der Waals surface area contributed by atoms with Gasteiger partial charge in [-0.3, -0.25) is 4.99 Å². The van der Waals surface area contributed by atoms with E-state index < -0.39 is 9.84 Å². The molecule has 1 N–H and O–H groups in total. The largest absolute Gasteiger partial charge is 0.356 e. The van der Waals surface area contributed by atoms with E-state index in [0.29, 0.717) is 11.7 Å². The van der Waals surface area contributed by atoms with Crippen molar-refractivity contribution >= 4 is 51.5 Å². The third kappa shape index (κ3) is 9.38. The van der Waals surface area contributed by atoms with Gasteiger partial charge in [-0.25, -0.2) is 8.42 Å². The summed E-state index contributed by atoms with van der Waals surface area (Å²) in [6.45, 7) is 9.20. The first-order valence-corrected chi connectivity index (χ1v) is 11.0. The predicted molar refractivity (Wildman–Crippen MR) is 113 cm³/mol. The molecule has 5 nitrogen and oxygen atoms in total. The Morgan fingerprint density at radius 1 is 1.43 bits per heavy atom. The topological polar surface area (TPSA) is 61.8 Å². The third-order valence-corrected chi connectivity index (χ3v) is 6.30. The molecule has 0 saturated carbocycles. The second-order valence-corrected chi connectivity index (χ2v) is 10.5. The zero-order valence-electron chi connectivity index (χ0n) is 15.0. The van der Waals surface area contributed by atoms with Gasteiger partial charge in [0.05, 0.1) is 5.75 Å². The highest BCUT2D eigenvalue weighted by Crippen LogP contribution is 2.22. The summed E-state index contributed by atoms with van der Waals surface area (Å²) < 4.78 is 22.7. The molecular formula is C15H32IN3O2S2. The van der Waals surface area contributed by atoms with Gasteiger partial charge in [0.25, 0.3) is 0 Å². The van der Waals surface area contributed by atoms with Crippen LogP contribution in [-0.4, -0.2) is 69.0 Å². The fourth-order valence-corrected chi connectivity index (χ4v) is 4.46. The maximum absolute atomic E-state index is 11.3. The van der Waals surface area contributed by atoms with Crippen molar-refractivity contribution < 1.29 is 8.42 Å². The Hall–Kier alpha value is 0.300. The van der Waals surface area contributed by atoms with Crippen molar-refractivity contribution in [3.8, 4) is 0 Å². The quantitative estimate of drug-likeness (QED) is 0.362. The molecule has 1 rings (SSSR count). The Labute approximate surface area is 163 Å². The van der Waals surface area contributed by atoms with Gasteiger partial charge in [-0.2, -0.15) is 11.8 Å². The van der Waals surface area contributed by atoms with E-state index in [2.05, 4.69) is 36.0 Å². The summed E-state index contributed by atoms with van der Waals surface area (Å²) in [6.07, 6.45) is 3.13. The molecule has 1 heterocycles. The lowest BCUT2D eigenvalue weighted by atomic mass is 9.90. The minimum atomic E-state index is -2.90. The molecule has 0 spiro atoms. The van der Waals surface area contributed by atoms with Crippen LogP contribution in [-0.2, 0) is 9.84 Å². The minimum absolute atomic E-state index is 0. The number of hydrogen-bond donors (Lipinski definition) is 1. The van der Waals surface area contributed by atoms with Crippen LogP contribution in [0, 0.1) is 5.41 Å². The number of thioether (sulfide) groups is 1. The number of nitrogens with zero attached hydrogens (tertiary/aromatic N) is 2. The van der Waals surface area contributed by atoms with Gasteiger partial charge in [0.1, 0.15) is 9.84 Å². The first-order chi connectivity index (χ1) is 10.2. The van der Waals surface area contributed by atoms with Crippen molar-refractivity contribution in [1.29, 1.82) is 0 Å². The summed E-state index contributed by atoms with van der Waals surface area (Å²) in [5, 5.41) is 4.10. The molecule has 0 radical (unpaired) electrons. The Bertz CT molecular complexity index is 481. The van der Waals surface area contributed by atoms with Gasteiger partial charge in [0.15, 0.2) is 5.96 Å². The lowest BCUT2D eigenvalue weighted by molar-refractivity contribution is 0.334. The predicted octanol–water partition coefficient (Wildman–Crippen LogP) is 2.47. The molecule has 23 heavy (non-hydrogen) atoms. The van der Waals surface area contributed by atoms with Crippen LogP contribution in [0.3, 0.4) is 0 Å². The SMILES string of the molecule is CCC1CN(C(=NC)NCC(C)(C)CCS(C)(=O)=O)CCS1.I. The number of hydrogen-bond acceptors (Lipinski definition) is 4. The van der Waals surface area contributed by atoms with Crippen molar-refractivity contribution in [3.63, 3.8) is 0 Å². The van der Waals surface area contributed by atoms with Crippen molar-refractivity contribution in [2.45, 2.75) is 38.9 Å². The number of halogens is 1. The van der Waals surface area contributed by atoms with E-state index in [1.54, 1.807) is 0 Å². The Kier molecular flexibility index (Phi) is 10.5. The van der Waals surface area contributed by atoms with Crippen LogP contribution < -0.4 is 5.32 Å². The molecule has 138 valence electrons. The van der Waals surface area contributed by atoms with Gasteiger partial charge in [0, 0.05) is 43.9 Å². The molecule has 0 amide bonds. The van der Waals surface area contributed by atoms with Gasteiger partial charge < -0.3 is 10.2 Å². The Balaban J connectivity index is 0.00000484. The number of aliphatic imine (C=N–C) groups is 1. The van der Waals surface area contributed by atoms with Gasteiger partial charge >= 0.3 is 0 Å². The van der Waals surface area contributed by atoms with Crippen LogP contribution >= 0.6 is 35.7 Å². The summed E-state index contributed by atoms with van der Waals surface area (Å²) in [7, 11) is -1.09. The summed E-state index contributed by atoms with van der Waals surface area (Å²) in [4.78, 5) is 6.71. The zero-order valence-corrected chi connectivity index (χ0v) is 18.9.